The van der Waals surface area contributed by atoms with Gasteiger partial charge in [0.05, 0.1) is 22.8 Å². The summed E-state index contributed by atoms with van der Waals surface area (Å²) in [5.74, 6) is 0.308. The average molecular weight is 460 g/mol. The Kier molecular flexibility index (Phi) is 5.16. The second-order valence-electron chi connectivity index (χ2n) is 10.1. The van der Waals surface area contributed by atoms with Gasteiger partial charge in [-0.1, -0.05) is 52.8 Å². The lowest BCUT2D eigenvalue weighted by molar-refractivity contribution is 0.597. The van der Waals surface area contributed by atoms with Crippen molar-refractivity contribution in [2.24, 2.45) is 0 Å². The van der Waals surface area contributed by atoms with Gasteiger partial charge in [0.15, 0.2) is 0 Å². The molecular weight excluding hydrogens is 434 g/mol. The molecule has 0 atom stereocenters. The molecule has 3 nitrogen and oxygen atoms in total. The highest BCUT2D eigenvalue weighted by atomic mass is 32.1. The predicted molar refractivity (Wildman–Crippen MR) is 142 cm³/mol. The van der Waals surface area contributed by atoms with Crippen LogP contribution in [0.15, 0.2) is 54.6 Å². The van der Waals surface area contributed by atoms with Gasteiger partial charge >= 0.3 is 0 Å². The fourth-order valence-electron chi connectivity index (χ4n) is 4.83. The Bertz CT molecular complexity index is 1690. The second kappa shape index (κ2) is 7.94. The number of hydrogen-bond acceptors (Lipinski definition) is 4. The van der Waals surface area contributed by atoms with Crippen LogP contribution in [0.4, 0.5) is 0 Å². The van der Waals surface area contributed by atoms with Crippen LogP contribution in [-0.2, 0) is 5.41 Å². The molecule has 2 heterocycles. The minimum absolute atomic E-state index is 0.120. The molecule has 0 N–H and O–H groups in total. The molecule has 34 heavy (non-hydrogen) atoms. The van der Waals surface area contributed by atoms with Crippen molar-refractivity contribution in [1.29, 1.82) is 10.5 Å². The van der Waals surface area contributed by atoms with Crippen molar-refractivity contribution in [3.05, 3.63) is 76.2 Å². The van der Waals surface area contributed by atoms with Crippen molar-refractivity contribution < 1.29 is 0 Å². The predicted octanol–water partition coefficient (Wildman–Crippen LogP) is 8.43. The van der Waals surface area contributed by atoms with Crippen LogP contribution >= 0.6 is 11.3 Å². The summed E-state index contributed by atoms with van der Waals surface area (Å²) in [5, 5.41) is 23.7. The molecule has 2 aromatic heterocycles. The minimum Gasteiger partial charge on any atom is -0.248 e. The lowest BCUT2D eigenvalue weighted by Gasteiger charge is -2.19. The fourth-order valence-corrected chi connectivity index (χ4v) is 6.05. The van der Waals surface area contributed by atoms with E-state index in [4.69, 9.17) is 4.98 Å². The first-order chi connectivity index (χ1) is 16.2. The molecule has 166 valence electrons. The Balaban J connectivity index is 1.75. The van der Waals surface area contributed by atoms with Gasteiger partial charge in [-0.25, -0.2) is 4.98 Å². The molecule has 0 bridgehead atoms. The fraction of sp³-hybridized carbons (Fsp3) is 0.233. The molecule has 5 aromatic rings. The van der Waals surface area contributed by atoms with Crippen molar-refractivity contribution in [1.82, 2.24) is 4.98 Å². The van der Waals surface area contributed by atoms with E-state index in [2.05, 4.69) is 83.2 Å². The zero-order valence-electron chi connectivity index (χ0n) is 20.0. The van der Waals surface area contributed by atoms with Crippen molar-refractivity contribution >= 4 is 43.1 Å². The highest BCUT2D eigenvalue weighted by Gasteiger charge is 2.25. The van der Waals surface area contributed by atoms with Crippen LogP contribution < -0.4 is 0 Å². The maximum absolute atomic E-state index is 9.77. The van der Waals surface area contributed by atoms with E-state index >= 15 is 0 Å². The Morgan fingerprint density at radius 1 is 0.882 bits per heavy atom. The van der Waals surface area contributed by atoms with Gasteiger partial charge in [-0.2, -0.15) is 10.5 Å². The van der Waals surface area contributed by atoms with Crippen molar-refractivity contribution in [3.63, 3.8) is 0 Å². The number of hydrogen-bond donors (Lipinski definition) is 0. The van der Waals surface area contributed by atoms with E-state index in [9.17, 15) is 10.5 Å². The Hall–Kier alpha value is -3.73. The van der Waals surface area contributed by atoms with E-state index in [0.29, 0.717) is 11.5 Å². The topological polar surface area (TPSA) is 60.5 Å². The van der Waals surface area contributed by atoms with Gasteiger partial charge in [-0.05, 0) is 69.6 Å². The zero-order valence-corrected chi connectivity index (χ0v) is 20.8. The number of rotatable bonds is 2. The lowest BCUT2D eigenvalue weighted by Crippen LogP contribution is -2.12. The van der Waals surface area contributed by atoms with Gasteiger partial charge in [0, 0.05) is 21.0 Å². The zero-order chi connectivity index (χ0) is 24.2. The number of aromatic nitrogens is 1. The van der Waals surface area contributed by atoms with E-state index in [-0.39, 0.29) is 5.41 Å². The van der Waals surface area contributed by atoms with E-state index in [0.717, 1.165) is 42.7 Å². The molecule has 0 aliphatic rings. The number of nitriles is 2. The van der Waals surface area contributed by atoms with Gasteiger partial charge in [0.25, 0.3) is 0 Å². The second-order valence-corrected chi connectivity index (χ2v) is 11.2. The van der Waals surface area contributed by atoms with Crippen LogP contribution in [0, 0.1) is 22.7 Å². The van der Waals surface area contributed by atoms with E-state index < -0.39 is 0 Å². The Morgan fingerprint density at radius 3 is 2.35 bits per heavy atom. The maximum atomic E-state index is 9.77. The monoisotopic (exact) mass is 459 g/mol. The van der Waals surface area contributed by atoms with Gasteiger partial charge in [0.1, 0.15) is 10.9 Å². The third-order valence-corrected chi connectivity index (χ3v) is 7.47. The van der Waals surface area contributed by atoms with Crippen LogP contribution in [0.1, 0.15) is 62.1 Å². The minimum atomic E-state index is -0.120. The largest absolute Gasteiger partial charge is 0.248 e. The molecular formula is C30H25N3S. The standard InChI is InChI=1S/C30H25N3S/c1-17(2)22-14-25(33-24-10-6-18(15-31)12-23(22)24)20-7-9-21-19(13-20)8-11-26-28(21)29(30(3,4)5)27(16-32)34-26/h6-14,17H,1-5H3. The van der Waals surface area contributed by atoms with Crippen LogP contribution in [-0.4, -0.2) is 4.98 Å². The first kappa shape index (κ1) is 22.1. The highest BCUT2D eigenvalue weighted by Crippen LogP contribution is 2.43. The summed E-state index contributed by atoms with van der Waals surface area (Å²) in [6, 6.07) is 23.3. The van der Waals surface area contributed by atoms with Gasteiger partial charge in [-0.3, -0.25) is 0 Å². The number of thiophene rings is 1. The van der Waals surface area contributed by atoms with Gasteiger partial charge in [-0.15, -0.1) is 11.3 Å². The maximum Gasteiger partial charge on any atom is 0.110 e. The SMILES string of the molecule is CC(C)c1cc(-c2ccc3c(ccc4sc(C#N)c(C(C)(C)C)c43)c2)nc2ccc(C#N)cc12. The van der Waals surface area contributed by atoms with Crippen molar-refractivity contribution in [2.75, 3.05) is 0 Å². The van der Waals surface area contributed by atoms with E-state index in [1.807, 2.05) is 18.2 Å². The summed E-state index contributed by atoms with van der Waals surface area (Å²) in [4.78, 5) is 5.76. The molecule has 0 aliphatic heterocycles. The highest BCUT2D eigenvalue weighted by molar-refractivity contribution is 7.20. The van der Waals surface area contributed by atoms with Gasteiger partial charge < -0.3 is 0 Å². The number of nitrogens with zero attached hydrogens (tertiary/aromatic N) is 3. The van der Waals surface area contributed by atoms with E-state index in [1.54, 1.807) is 11.3 Å². The molecule has 0 aliphatic carbocycles. The first-order valence-electron chi connectivity index (χ1n) is 11.5. The third kappa shape index (κ3) is 3.52. The molecule has 0 saturated carbocycles. The molecule has 0 unspecified atom stereocenters. The lowest BCUT2D eigenvalue weighted by atomic mass is 9.83. The summed E-state index contributed by atoms with van der Waals surface area (Å²) < 4.78 is 1.15. The Morgan fingerprint density at radius 2 is 1.68 bits per heavy atom. The summed E-state index contributed by atoms with van der Waals surface area (Å²) in [7, 11) is 0. The van der Waals surface area contributed by atoms with Crippen molar-refractivity contribution in [2.45, 2.75) is 46.0 Å². The van der Waals surface area contributed by atoms with Crippen LogP contribution in [0.2, 0.25) is 0 Å². The van der Waals surface area contributed by atoms with Crippen LogP contribution in [0.5, 0.6) is 0 Å². The molecule has 0 amide bonds. The molecule has 0 radical (unpaired) electrons. The smallest absolute Gasteiger partial charge is 0.110 e. The summed E-state index contributed by atoms with van der Waals surface area (Å²) in [6.07, 6.45) is 0. The third-order valence-electron chi connectivity index (χ3n) is 6.41. The van der Waals surface area contributed by atoms with Crippen LogP contribution in [0.25, 0.3) is 43.0 Å². The summed E-state index contributed by atoms with van der Waals surface area (Å²) in [6.45, 7) is 10.9. The molecule has 5 rings (SSSR count). The quantitative estimate of drug-likeness (QED) is 0.266. The normalized spacial score (nSPS) is 11.9. The molecule has 4 heteroatoms. The van der Waals surface area contributed by atoms with Gasteiger partial charge in [0.2, 0.25) is 0 Å². The first-order valence-corrected chi connectivity index (χ1v) is 12.3. The molecule has 3 aromatic carbocycles. The summed E-state index contributed by atoms with van der Waals surface area (Å²) in [5.41, 5.74) is 5.76. The average Bonchev–Trinajstić information content (AvgIpc) is 3.22. The van der Waals surface area contributed by atoms with Crippen LogP contribution in [0.3, 0.4) is 0 Å². The molecule has 0 saturated heterocycles. The molecule has 0 fully saturated rings. The number of benzene rings is 3. The number of pyridine rings is 1. The Labute approximate surface area is 203 Å². The summed E-state index contributed by atoms with van der Waals surface area (Å²) >= 11 is 1.58. The number of fused-ring (bicyclic) bond motifs is 4. The van der Waals surface area contributed by atoms with E-state index in [1.165, 1.54) is 16.3 Å². The van der Waals surface area contributed by atoms with Crippen molar-refractivity contribution in [3.8, 4) is 23.4 Å². The molecule has 0 spiro atoms.